The zero-order valence-electron chi connectivity index (χ0n) is 13.2. The molecule has 0 saturated heterocycles. The molecule has 2 rings (SSSR count). The number of ether oxygens (including phenoxy) is 1. The topological polar surface area (TPSA) is 102 Å². The monoisotopic (exact) mass is 330 g/mol. The van der Waals surface area contributed by atoms with E-state index in [2.05, 4.69) is 12.2 Å². The normalized spacial score (nSPS) is 10.2. The van der Waals surface area contributed by atoms with Crippen molar-refractivity contribution >= 4 is 17.3 Å². The van der Waals surface area contributed by atoms with Crippen molar-refractivity contribution in [3.63, 3.8) is 0 Å². The van der Waals surface area contributed by atoms with E-state index in [0.717, 1.165) is 12.5 Å². The summed E-state index contributed by atoms with van der Waals surface area (Å²) in [6.45, 7) is 2.25. The number of nitrogens with zero attached hydrogens (tertiary/aromatic N) is 1. The van der Waals surface area contributed by atoms with Gasteiger partial charge < -0.3 is 15.2 Å². The van der Waals surface area contributed by atoms with E-state index in [-0.39, 0.29) is 36.1 Å². The number of hydrogen-bond donors (Lipinski definition) is 2. The second kappa shape index (κ2) is 7.96. The predicted molar refractivity (Wildman–Crippen MR) is 89.3 cm³/mol. The molecular formula is C17H18N2O5. The maximum atomic E-state index is 11.8. The fraction of sp³-hybridized carbons (Fsp3) is 0.235. The highest BCUT2D eigenvalue weighted by atomic mass is 16.6. The molecule has 0 aliphatic heterocycles. The van der Waals surface area contributed by atoms with Gasteiger partial charge in [-0.25, -0.2) is 0 Å². The highest BCUT2D eigenvalue weighted by molar-refractivity contribution is 5.92. The van der Waals surface area contributed by atoms with E-state index in [1.165, 1.54) is 17.7 Å². The number of nitro groups is 1. The Balaban J connectivity index is 1.83. The van der Waals surface area contributed by atoms with Crippen LogP contribution in [0.4, 0.5) is 11.4 Å². The number of benzene rings is 2. The van der Waals surface area contributed by atoms with Gasteiger partial charge in [0.05, 0.1) is 29.7 Å². The maximum Gasteiger partial charge on any atom is 0.273 e. The number of nitrogens with one attached hydrogen (secondary N) is 1. The Morgan fingerprint density at radius 2 is 1.96 bits per heavy atom. The van der Waals surface area contributed by atoms with Crippen molar-refractivity contribution in [1.82, 2.24) is 0 Å². The molecule has 0 fully saturated rings. The van der Waals surface area contributed by atoms with E-state index in [4.69, 9.17) is 4.74 Å². The maximum absolute atomic E-state index is 11.8. The largest absolute Gasteiger partial charge is 0.506 e. The Hall–Kier alpha value is -3.09. The molecule has 126 valence electrons. The Morgan fingerprint density at radius 3 is 2.54 bits per heavy atom. The number of carbonyl (C=O) groups is 1. The van der Waals surface area contributed by atoms with E-state index in [9.17, 15) is 20.0 Å². The lowest BCUT2D eigenvalue weighted by Crippen LogP contribution is -2.15. The van der Waals surface area contributed by atoms with Crippen molar-refractivity contribution in [1.29, 1.82) is 0 Å². The van der Waals surface area contributed by atoms with E-state index >= 15 is 0 Å². The molecule has 0 aliphatic rings. The van der Waals surface area contributed by atoms with Gasteiger partial charge in [-0.15, -0.1) is 0 Å². The van der Waals surface area contributed by atoms with Crippen LogP contribution in [0.1, 0.15) is 18.9 Å². The number of phenolic OH excluding ortho intramolecular Hbond substituents is 1. The summed E-state index contributed by atoms with van der Waals surface area (Å²) in [6, 6.07) is 11.1. The van der Waals surface area contributed by atoms with Crippen LogP contribution in [0.3, 0.4) is 0 Å². The quantitative estimate of drug-likeness (QED) is 0.461. The van der Waals surface area contributed by atoms with Crippen LogP contribution in [0.25, 0.3) is 0 Å². The third-order valence-electron chi connectivity index (χ3n) is 3.40. The van der Waals surface area contributed by atoms with Crippen molar-refractivity contribution in [2.75, 3.05) is 11.9 Å². The highest BCUT2D eigenvalue weighted by Crippen LogP contribution is 2.27. The Labute approximate surface area is 139 Å². The molecule has 0 aliphatic carbocycles. The van der Waals surface area contributed by atoms with Crippen LogP contribution in [0.2, 0.25) is 0 Å². The van der Waals surface area contributed by atoms with Crippen LogP contribution in [0.15, 0.2) is 42.5 Å². The number of nitro benzene ring substituents is 1. The Kier molecular flexibility index (Phi) is 5.73. The van der Waals surface area contributed by atoms with Crippen LogP contribution in [-0.2, 0) is 11.2 Å². The number of rotatable bonds is 7. The average molecular weight is 330 g/mol. The summed E-state index contributed by atoms with van der Waals surface area (Å²) in [5.41, 5.74) is 1.08. The van der Waals surface area contributed by atoms with Gasteiger partial charge in [0.2, 0.25) is 5.91 Å². The molecule has 2 aromatic carbocycles. The number of carbonyl (C=O) groups excluding carboxylic acids is 1. The number of aromatic hydroxyl groups is 1. The van der Waals surface area contributed by atoms with Crippen LogP contribution in [0, 0.1) is 10.1 Å². The third kappa shape index (κ3) is 4.70. The van der Waals surface area contributed by atoms with Gasteiger partial charge in [-0.2, -0.15) is 0 Å². The Bertz CT molecular complexity index is 728. The summed E-state index contributed by atoms with van der Waals surface area (Å²) < 4.78 is 5.48. The van der Waals surface area contributed by atoms with Crippen LogP contribution in [0.5, 0.6) is 11.5 Å². The average Bonchev–Trinajstić information content (AvgIpc) is 2.57. The molecule has 0 spiro atoms. The molecule has 2 aromatic rings. The minimum absolute atomic E-state index is 0.0892. The van der Waals surface area contributed by atoms with Crippen LogP contribution < -0.4 is 10.1 Å². The van der Waals surface area contributed by atoms with Crippen LogP contribution >= 0.6 is 0 Å². The molecule has 0 saturated carbocycles. The highest BCUT2D eigenvalue weighted by Gasteiger charge is 2.12. The molecule has 7 heteroatoms. The van der Waals surface area contributed by atoms with Gasteiger partial charge in [-0.1, -0.05) is 19.1 Å². The lowest BCUT2D eigenvalue weighted by molar-refractivity contribution is -0.384. The van der Waals surface area contributed by atoms with E-state index < -0.39 is 4.92 Å². The zero-order valence-corrected chi connectivity index (χ0v) is 13.2. The lowest BCUT2D eigenvalue weighted by atomic mass is 10.2. The molecule has 0 atom stereocenters. The van der Waals surface area contributed by atoms with Gasteiger partial charge in [0.25, 0.3) is 5.69 Å². The molecule has 7 nitrogen and oxygen atoms in total. The minimum Gasteiger partial charge on any atom is -0.506 e. The van der Waals surface area contributed by atoms with Gasteiger partial charge in [0, 0.05) is 6.07 Å². The Morgan fingerprint density at radius 1 is 1.25 bits per heavy atom. The molecule has 1 amide bonds. The number of amides is 1. The van der Waals surface area contributed by atoms with Crippen LogP contribution in [-0.4, -0.2) is 22.5 Å². The third-order valence-corrected chi connectivity index (χ3v) is 3.40. The molecule has 0 aromatic heterocycles. The molecule has 0 radical (unpaired) electrons. The van der Waals surface area contributed by atoms with E-state index in [1.54, 1.807) is 0 Å². The number of phenols is 1. The number of hydrogen-bond acceptors (Lipinski definition) is 5. The number of non-ortho nitro benzene ring substituents is 1. The minimum atomic E-state index is -0.622. The standard InChI is InChI=1S/C17H18N2O5/c1-2-12-3-6-14(7-4-12)24-10-9-17(21)18-15-8-5-13(19(22)23)11-16(15)20/h3-8,11,20H,2,9-10H2,1H3,(H,18,21). The van der Waals surface area contributed by atoms with E-state index in [0.29, 0.717) is 5.75 Å². The van der Waals surface area contributed by atoms with Gasteiger partial charge >= 0.3 is 0 Å². The molecule has 0 heterocycles. The number of aryl methyl sites for hydroxylation is 1. The van der Waals surface area contributed by atoms with Crippen molar-refractivity contribution in [3.8, 4) is 11.5 Å². The van der Waals surface area contributed by atoms with Gasteiger partial charge in [0.1, 0.15) is 11.5 Å². The second-order valence-electron chi connectivity index (χ2n) is 5.10. The first kappa shape index (κ1) is 17.3. The first-order valence-electron chi connectivity index (χ1n) is 7.48. The summed E-state index contributed by atoms with van der Waals surface area (Å²) in [5, 5.41) is 22.8. The summed E-state index contributed by atoms with van der Waals surface area (Å²) in [7, 11) is 0. The van der Waals surface area contributed by atoms with E-state index in [1.807, 2.05) is 24.3 Å². The molecular weight excluding hydrogens is 312 g/mol. The summed E-state index contributed by atoms with van der Waals surface area (Å²) in [4.78, 5) is 21.8. The second-order valence-corrected chi connectivity index (χ2v) is 5.10. The fourth-order valence-corrected chi connectivity index (χ4v) is 2.03. The van der Waals surface area contributed by atoms with Gasteiger partial charge in [-0.3, -0.25) is 14.9 Å². The van der Waals surface area contributed by atoms with Crippen molar-refractivity contribution in [2.45, 2.75) is 19.8 Å². The number of anilines is 1. The van der Waals surface area contributed by atoms with Gasteiger partial charge in [0.15, 0.2) is 0 Å². The fourth-order valence-electron chi connectivity index (χ4n) is 2.03. The first-order chi connectivity index (χ1) is 11.5. The molecule has 2 N–H and O–H groups in total. The van der Waals surface area contributed by atoms with Gasteiger partial charge in [-0.05, 0) is 30.2 Å². The van der Waals surface area contributed by atoms with Crippen molar-refractivity contribution in [3.05, 3.63) is 58.1 Å². The lowest BCUT2D eigenvalue weighted by Gasteiger charge is -2.09. The zero-order chi connectivity index (χ0) is 17.5. The molecule has 0 bridgehead atoms. The van der Waals surface area contributed by atoms with Crippen molar-refractivity contribution < 1.29 is 19.6 Å². The molecule has 24 heavy (non-hydrogen) atoms. The summed E-state index contributed by atoms with van der Waals surface area (Å²) in [5.74, 6) is -0.0314. The smallest absolute Gasteiger partial charge is 0.273 e. The van der Waals surface area contributed by atoms with Crippen molar-refractivity contribution in [2.24, 2.45) is 0 Å². The predicted octanol–water partition coefficient (Wildman–Crippen LogP) is 3.27. The summed E-state index contributed by atoms with van der Waals surface area (Å²) in [6.07, 6.45) is 1.04. The molecule has 0 unspecified atom stereocenters. The first-order valence-corrected chi connectivity index (χ1v) is 7.48. The SMILES string of the molecule is CCc1ccc(OCCC(=O)Nc2ccc([N+](=O)[O-])cc2O)cc1. The summed E-state index contributed by atoms with van der Waals surface area (Å²) >= 11 is 0.